The summed E-state index contributed by atoms with van der Waals surface area (Å²) in [5.74, 6) is 0.290. The van der Waals surface area contributed by atoms with Crippen LogP contribution in [-0.2, 0) is 22.2 Å². The van der Waals surface area contributed by atoms with Crippen molar-refractivity contribution in [2.75, 3.05) is 31.3 Å². The molecule has 1 amide bonds. The number of aryl methyl sites for hydroxylation is 1. The first-order valence-corrected chi connectivity index (χ1v) is 14.4. The number of nitrogens with zero attached hydrogens (tertiary/aromatic N) is 6. The summed E-state index contributed by atoms with van der Waals surface area (Å²) in [6, 6.07) is 10.2. The molecule has 194 valence electrons. The number of anilines is 2. The number of hydrogen-bond donors (Lipinski definition) is 1. The predicted molar refractivity (Wildman–Crippen MR) is 144 cm³/mol. The molecule has 9 nitrogen and oxygen atoms in total. The lowest BCUT2D eigenvalue weighted by atomic mass is 9.94. The monoisotopic (exact) mass is 541 g/mol. The number of halogens is 1. The highest BCUT2D eigenvalue weighted by Gasteiger charge is 2.26. The Morgan fingerprint density at radius 1 is 1.19 bits per heavy atom. The molecule has 1 aromatic carbocycles. The summed E-state index contributed by atoms with van der Waals surface area (Å²) in [4.78, 5) is 23.0. The molecular weight excluding hydrogens is 513 g/mol. The van der Waals surface area contributed by atoms with Crippen LogP contribution in [0.1, 0.15) is 36.6 Å². The standard InChI is InChI=1S/C25H28FN7O2S2/c1-31(25-29-21(15-36-25)16-3-5-18(26)6-4-16)24-20(7-9-22(27)34)28-23-10-8-19(30-33(23)24)17-11-13-32(14-12-17)37(2)35/h3-6,8,10,15,17H,7,9,11-14H2,1-2H3,(H2,27,34). The maximum atomic E-state index is 13.4. The van der Waals surface area contributed by atoms with Gasteiger partial charge in [0, 0.05) is 56.1 Å². The van der Waals surface area contributed by atoms with Gasteiger partial charge in [-0.3, -0.25) is 4.79 Å². The molecule has 0 bridgehead atoms. The predicted octanol–water partition coefficient (Wildman–Crippen LogP) is 3.65. The van der Waals surface area contributed by atoms with Crippen molar-refractivity contribution in [3.63, 3.8) is 0 Å². The number of amides is 1. The van der Waals surface area contributed by atoms with Gasteiger partial charge in [-0.1, -0.05) is 0 Å². The molecule has 1 aliphatic heterocycles. The van der Waals surface area contributed by atoms with Crippen LogP contribution in [-0.4, -0.2) is 60.4 Å². The highest BCUT2D eigenvalue weighted by Crippen LogP contribution is 2.34. The molecule has 1 unspecified atom stereocenters. The van der Waals surface area contributed by atoms with Crippen LogP contribution in [0.3, 0.4) is 0 Å². The molecule has 0 saturated carbocycles. The zero-order valence-corrected chi connectivity index (χ0v) is 22.3. The maximum Gasteiger partial charge on any atom is 0.217 e. The maximum absolute atomic E-state index is 13.4. The van der Waals surface area contributed by atoms with Gasteiger partial charge >= 0.3 is 0 Å². The summed E-state index contributed by atoms with van der Waals surface area (Å²) in [5, 5.41) is 7.62. The Labute approximate surface area is 220 Å². The van der Waals surface area contributed by atoms with Gasteiger partial charge in [0.05, 0.1) is 28.1 Å². The van der Waals surface area contributed by atoms with Gasteiger partial charge in [0.2, 0.25) is 5.91 Å². The number of aromatic nitrogens is 4. The van der Waals surface area contributed by atoms with Crippen LogP contribution in [0, 0.1) is 5.82 Å². The molecule has 5 rings (SSSR count). The van der Waals surface area contributed by atoms with Gasteiger partial charge in [-0.25, -0.2) is 22.9 Å². The molecule has 0 aliphatic carbocycles. The van der Waals surface area contributed by atoms with E-state index < -0.39 is 16.9 Å². The van der Waals surface area contributed by atoms with Crippen molar-refractivity contribution in [3.8, 4) is 11.3 Å². The van der Waals surface area contributed by atoms with Gasteiger partial charge in [-0.15, -0.1) is 11.3 Å². The number of fused-ring (bicyclic) bond motifs is 1. The lowest BCUT2D eigenvalue weighted by Gasteiger charge is -2.29. The summed E-state index contributed by atoms with van der Waals surface area (Å²) in [7, 11) is 0.933. The molecule has 0 radical (unpaired) electrons. The minimum atomic E-state index is -0.964. The van der Waals surface area contributed by atoms with E-state index in [0.717, 1.165) is 48.7 Å². The first-order chi connectivity index (χ1) is 17.8. The SMILES string of the molecule is CN(c1nc(-c2ccc(F)cc2)cs1)c1c(CCC(N)=O)nc2ccc(C3CCN(S(C)=O)CC3)nn12. The Morgan fingerprint density at radius 2 is 1.92 bits per heavy atom. The molecule has 1 fully saturated rings. The molecule has 1 aliphatic rings. The van der Waals surface area contributed by atoms with Crippen molar-refractivity contribution in [3.05, 3.63) is 59.0 Å². The van der Waals surface area contributed by atoms with Crippen LogP contribution in [0.2, 0.25) is 0 Å². The quantitative estimate of drug-likeness (QED) is 0.365. The van der Waals surface area contributed by atoms with E-state index in [0.29, 0.717) is 22.9 Å². The first kappa shape index (κ1) is 25.4. The van der Waals surface area contributed by atoms with Crippen LogP contribution in [0.25, 0.3) is 16.9 Å². The van der Waals surface area contributed by atoms with Crippen LogP contribution in [0.15, 0.2) is 41.8 Å². The number of hydrogen-bond acceptors (Lipinski definition) is 7. The molecule has 12 heteroatoms. The van der Waals surface area contributed by atoms with Crippen molar-refractivity contribution < 1.29 is 13.4 Å². The van der Waals surface area contributed by atoms with E-state index in [1.54, 1.807) is 18.4 Å². The molecule has 37 heavy (non-hydrogen) atoms. The smallest absolute Gasteiger partial charge is 0.217 e. The van der Waals surface area contributed by atoms with Crippen molar-refractivity contribution in [2.24, 2.45) is 5.73 Å². The molecular formula is C25H28FN7O2S2. The number of thiazole rings is 1. The van der Waals surface area contributed by atoms with E-state index in [2.05, 4.69) is 0 Å². The minimum Gasteiger partial charge on any atom is -0.370 e. The molecule has 0 spiro atoms. The number of primary amides is 1. The third-order valence-electron chi connectivity index (χ3n) is 6.62. The second kappa shape index (κ2) is 10.6. The lowest BCUT2D eigenvalue weighted by molar-refractivity contribution is -0.118. The highest BCUT2D eigenvalue weighted by atomic mass is 32.2. The average Bonchev–Trinajstić information content (AvgIpc) is 3.52. The normalized spacial score (nSPS) is 15.8. The Bertz CT molecular complexity index is 1450. The van der Waals surface area contributed by atoms with E-state index in [4.69, 9.17) is 20.8 Å². The second-order valence-electron chi connectivity index (χ2n) is 9.08. The molecule has 4 heterocycles. The highest BCUT2D eigenvalue weighted by molar-refractivity contribution is 7.81. The van der Waals surface area contributed by atoms with Gasteiger partial charge in [0.25, 0.3) is 0 Å². The molecule has 1 saturated heterocycles. The summed E-state index contributed by atoms with van der Waals surface area (Å²) in [5.41, 5.74) is 9.34. The van der Waals surface area contributed by atoms with Gasteiger partial charge in [-0.2, -0.15) is 9.61 Å². The van der Waals surface area contributed by atoms with Gasteiger partial charge in [0.15, 0.2) is 16.6 Å². The van der Waals surface area contributed by atoms with Crippen LogP contribution in [0.4, 0.5) is 15.3 Å². The fraction of sp³-hybridized carbons (Fsp3) is 0.360. The van der Waals surface area contributed by atoms with E-state index >= 15 is 0 Å². The Morgan fingerprint density at radius 3 is 2.59 bits per heavy atom. The van der Waals surface area contributed by atoms with Crippen LogP contribution >= 0.6 is 11.3 Å². The number of nitrogens with two attached hydrogens (primary N) is 1. The lowest BCUT2D eigenvalue weighted by Crippen LogP contribution is -2.34. The first-order valence-electron chi connectivity index (χ1n) is 12.0. The number of imidazole rings is 1. The minimum absolute atomic E-state index is 0.170. The largest absolute Gasteiger partial charge is 0.370 e. The zero-order valence-electron chi connectivity index (χ0n) is 20.6. The summed E-state index contributed by atoms with van der Waals surface area (Å²) in [6.07, 6.45) is 4.01. The third kappa shape index (κ3) is 5.41. The number of benzene rings is 1. The summed E-state index contributed by atoms with van der Waals surface area (Å²) >= 11 is 1.46. The van der Waals surface area contributed by atoms with Gasteiger partial charge < -0.3 is 10.6 Å². The van der Waals surface area contributed by atoms with E-state index in [1.807, 2.05) is 38.3 Å². The summed E-state index contributed by atoms with van der Waals surface area (Å²) in [6.45, 7) is 1.53. The van der Waals surface area contributed by atoms with Crippen LogP contribution in [0.5, 0.6) is 0 Å². The van der Waals surface area contributed by atoms with Crippen molar-refractivity contribution >= 4 is 44.8 Å². The fourth-order valence-corrected chi connectivity index (χ4v) is 6.14. The molecule has 4 aromatic rings. The fourth-order valence-electron chi connectivity index (χ4n) is 4.62. The number of piperidine rings is 1. The van der Waals surface area contributed by atoms with E-state index in [9.17, 15) is 13.4 Å². The Balaban J connectivity index is 1.50. The number of carbonyl (C=O) groups excluding carboxylic acids is 1. The number of rotatable bonds is 8. The topological polar surface area (TPSA) is 110 Å². The average molecular weight is 542 g/mol. The van der Waals surface area contributed by atoms with E-state index in [-0.39, 0.29) is 18.2 Å². The van der Waals surface area contributed by atoms with Crippen molar-refractivity contribution in [2.45, 2.75) is 31.6 Å². The van der Waals surface area contributed by atoms with Gasteiger partial charge in [-0.05, 0) is 49.2 Å². The van der Waals surface area contributed by atoms with Crippen LogP contribution < -0.4 is 10.6 Å². The summed E-state index contributed by atoms with van der Waals surface area (Å²) < 4.78 is 29.0. The molecule has 1 atom stereocenters. The van der Waals surface area contributed by atoms with Gasteiger partial charge in [0.1, 0.15) is 5.82 Å². The van der Waals surface area contributed by atoms with Crippen molar-refractivity contribution in [1.29, 1.82) is 0 Å². The third-order valence-corrected chi connectivity index (χ3v) is 8.63. The molecule has 2 N–H and O–H groups in total. The van der Waals surface area contributed by atoms with E-state index in [1.165, 1.54) is 23.5 Å². The van der Waals surface area contributed by atoms with Crippen molar-refractivity contribution in [1.82, 2.24) is 23.9 Å². The molecule has 3 aromatic heterocycles. The Kier molecular flexibility index (Phi) is 7.31. The zero-order chi connectivity index (χ0) is 26.1. The Hall–Kier alpha value is -3.22. The second-order valence-corrected chi connectivity index (χ2v) is 11.3. The number of carbonyl (C=O) groups is 1.